The normalized spacial score (nSPS) is 10.4. The molecule has 0 unspecified atom stereocenters. The van der Waals surface area contributed by atoms with E-state index in [-0.39, 0.29) is 12.5 Å². The van der Waals surface area contributed by atoms with Crippen LogP contribution < -0.4 is 20.2 Å². The summed E-state index contributed by atoms with van der Waals surface area (Å²) in [4.78, 5) is 23.6. The van der Waals surface area contributed by atoms with Crippen molar-refractivity contribution in [3.63, 3.8) is 0 Å². The number of halogens is 1. The van der Waals surface area contributed by atoms with Gasteiger partial charge in [-0.05, 0) is 45.8 Å². The molecular formula is C18H18BrN3O4. The third-order valence-corrected chi connectivity index (χ3v) is 3.89. The number of rotatable bonds is 7. The molecule has 0 fully saturated rings. The van der Waals surface area contributed by atoms with Gasteiger partial charge in [0.15, 0.2) is 11.5 Å². The molecule has 0 bridgehead atoms. The molecule has 7 nitrogen and oxygen atoms in total. The predicted octanol–water partition coefficient (Wildman–Crippen LogP) is 2.35. The summed E-state index contributed by atoms with van der Waals surface area (Å²) in [6.07, 6.45) is 1.46. The number of carbonyl (C=O) groups is 2. The van der Waals surface area contributed by atoms with Crippen LogP contribution in [0, 0.1) is 0 Å². The largest absolute Gasteiger partial charge is 0.493 e. The molecule has 0 saturated heterocycles. The van der Waals surface area contributed by atoms with Gasteiger partial charge in [-0.2, -0.15) is 5.10 Å². The molecule has 0 aliphatic carbocycles. The molecule has 2 N–H and O–H groups in total. The number of benzene rings is 2. The lowest BCUT2D eigenvalue weighted by Gasteiger charge is -2.10. The van der Waals surface area contributed by atoms with Crippen LogP contribution in [0.4, 0.5) is 0 Å². The molecule has 2 aromatic rings. The maximum Gasteiger partial charge on any atom is 0.259 e. The van der Waals surface area contributed by atoms with Gasteiger partial charge < -0.3 is 14.8 Å². The fraction of sp³-hybridized carbons (Fsp3) is 0.167. The molecule has 0 aliphatic rings. The number of nitrogens with zero attached hydrogens (tertiary/aromatic N) is 1. The standard InChI is InChI=1S/C18H18BrN3O4/c1-25-15-9-12(8-14(19)17(15)26-2)10-21-22-16(23)11-20-18(24)13-6-4-3-5-7-13/h3-10H,11H2,1-2H3,(H,20,24)(H,22,23). The Morgan fingerprint density at radius 2 is 1.88 bits per heavy atom. The fourth-order valence-corrected chi connectivity index (χ4v) is 2.70. The van der Waals surface area contributed by atoms with Crippen molar-refractivity contribution in [2.45, 2.75) is 0 Å². The Morgan fingerprint density at radius 1 is 1.15 bits per heavy atom. The van der Waals surface area contributed by atoms with E-state index in [4.69, 9.17) is 9.47 Å². The summed E-state index contributed by atoms with van der Waals surface area (Å²) in [6.45, 7) is -0.180. The first-order valence-electron chi connectivity index (χ1n) is 7.61. The summed E-state index contributed by atoms with van der Waals surface area (Å²) in [7, 11) is 3.07. The van der Waals surface area contributed by atoms with E-state index in [1.165, 1.54) is 13.3 Å². The topological polar surface area (TPSA) is 89.0 Å². The average Bonchev–Trinajstić information content (AvgIpc) is 2.66. The number of hydrogen-bond donors (Lipinski definition) is 2. The number of amides is 2. The minimum atomic E-state index is -0.440. The van der Waals surface area contributed by atoms with Crippen LogP contribution in [0.3, 0.4) is 0 Å². The van der Waals surface area contributed by atoms with E-state index in [0.717, 1.165) is 0 Å². The lowest BCUT2D eigenvalue weighted by atomic mass is 10.2. The second-order valence-electron chi connectivity index (χ2n) is 5.08. The highest BCUT2D eigenvalue weighted by atomic mass is 79.9. The van der Waals surface area contributed by atoms with Crippen molar-refractivity contribution in [2.75, 3.05) is 20.8 Å². The van der Waals surface area contributed by atoms with E-state index < -0.39 is 5.91 Å². The molecular weight excluding hydrogens is 402 g/mol. The van der Waals surface area contributed by atoms with Crippen LogP contribution >= 0.6 is 15.9 Å². The number of carbonyl (C=O) groups excluding carboxylic acids is 2. The number of hydrogen-bond acceptors (Lipinski definition) is 5. The van der Waals surface area contributed by atoms with Crippen LogP contribution in [-0.2, 0) is 4.79 Å². The van der Waals surface area contributed by atoms with Gasteiger partial charge in [0.25, 0.3) is 11.8 Å². The minimum absolute atomic E-state index is 0.180. The van der Waals surface area contributed by atoms with Crippen molar-refractivity contribution in [1.29, 1.82) is 0 Å². The van der Waals surface area contributed by atoms with Gasteiger partial charge in [-0.1, -0.05) is 18.2 Å². The van der Waals surface area contributed by atoms with Gasteiger partial charge in [0.1, 0.15) is 0 Å². The zero-order valence-corrected chi connectivity index (χ0v) is 15.9. The molecule has 0 atom stereocenters. The van der Waals surface area contributed by atoms with Gasteiger partial charge in [-0.3, -0.25) is 9.59 Å². The Morgan fingerprint density at radius 3 is 2.54 bits per heavy atom. The molecule has 0 aliphatic heterocycles. The first-order chi connectivity index (χ1) is 12.5. The molecule has 0 aromatic heterocycles. The monoisotopic (exact) mass is 419 g/mol. The Balaban J connectivity index is 1.89. The third kappa shape index (κ3) is 5.32. The maximum atomic E-state index is 11.9. The molecule has 2 amide bonds. The Hall–Kier alpha value is -2.87. The van der Waals surface area contributed by atoms with Crippen LogP contribution in [0.15, 0.2) is 52.0 Å². The Labute approximate surface area is 159 Å². The van der Waals surface area contributed by atoms with Crippen molar-refractivity contribution in [1.82, 2.24) is 10.7 Å². The molecule has 0 radical (unpaired) electrons. The van der Waals surface area contributed by atoms with Gasteiger partial charge >= 0.3 is 0 Å². The van der Waals surface area contributed by atoms with E-state index in [9.17, 15) is 9.59 Å². The minimum Gasteiger partial charge on any atom is -0.493 e. The lowest BCUT2D eigenvalue weighted by Crippen LogP contribution is -2.34. The highest BCUT2D eigenvalue weighted by Crippen LogP contribution is 2.35. The number of hydrazone groups is 1. The van der Waals surface area contributed by atoms with Crippen molar-refractivity contribution in [3.8, 4) is 11.5 Å². The molecule has 2 rings (SSSR count). The van der Waals surface area contributed by atoms with Crippen molar-refractivity contribution >= 4 is 34.0 Å². The van der Waals surface area contributed by atoms with E-state index in [1.807, 2.05) is 6.07 Å². The van der Waals surface area contributed by atoms with Crippen LogP contribution in [0.5, 0.6) is 11.5 Å². The van der Waals surface area contributed by atoms with Crippen LogP contribution in [0.1, 0.15) is 15.9 Å². The summed E-state index contributed by atoms with van der Waals surface area (Å²) in [5.41, 5.74) is 3.53. The molecule has 136 valence electrons. The second-order valence-corrected chi connectivity index (χ2v) is 5.93. The number of methoxy groups -OCH3 is 2. The first-order valence-corrected chi connectivity index (χ1v) is 8.41. The van der Waals surface area contributed by atoms with Gasteiger partial charge in [0.05, 0.1) is 31.5 Å². The zero-order chi connectivity index (χ0) is 18.9. The first kappa shape index (κ1) is 19.5. The third-order valence-electron chi connectivity index (χ3n) is 3.30. The summed E-state index contributed by atoms with van der Waals surface area (Å²) in [6, 6.07) is 12.1. The van der Waals surface area contributed by atoms with Crippen LogP contribution in [-0.4, -0.2) is 38.8 Å². The summed E-state index contributed by atoms with van der Waals surface area (Å²) in [5, 5.41) is 6.39. The second kappa shape index (κ2) is 9.57. The van der Waals surface area contributed by atoms with E-state index in [0.29, 0.717) is 27.1 Å². The summed E-state index contributed by atoms with van der Waals surface area (Å²) in [5.74, 6) is 0.334. The molecule has 2 aromatic carbocycles. The molecule has 8 heteroatoms. The van der Waals surface area contributed by atoms with Crippen LogP contribution in [0.2, 0.25) is 0 Å². The highest BCUT2D eigenvalue weighted by Gasteiger charge is 2.10. The van der Waals surface area contributed by atoms with Crippen molar-refractivity contribution in [3.05, 3.63) is 58.1 Å². The van der Waals surface area contributed by atoms with Gasteiger partial charge in [-0.25, -0.2) is 5.43 Å². The van der Waals surface area contributed by atoms with Crippen molar-refractivity contribution in [2.24, 2.45) is 5.10 Å². The van der Waals surface area contributed by atoms with Gasteiger partial charge in [0.2, 0.25) is 0 Å². The van der Waals surface area contributed by atoms with Gasteiger partial charge in [-0.15, -0.1) is 0 Å². The fourth-order valence-electron chi connectivity index (χ4n) is 2.08. The number of ether oxygens (including phenoxy) is 2. The lowest BCUT2D eigenvalue weighted by molar-refractivity contribution is -0.120. The molecule has 0 saturated carbocycles. The highest BCUT2D eigenvalue weighted by molar-refractivity contribution is 9.10. The summed E-state index contributed by atoms with van der Waals surface area (Å²) < 4.78 is 11.2. The van der Waals surface area contributed by atoms with E-state index in [1.54, 1.807) is 43.5 Å². The summed E-state index contributed by atoms with van der Waals surface area (Å²) >= 11 is 3.38. The van der Waals surface area contributed by atoms with Gasteiger partial charge in [0, 0.05) is 5.56 Å². The zero-order valence-electron chi connectivity index (χ0n) is 14.3. The van der Waals surface area contributed by atoms with E-state index in [2.05, 4.69) is 31.8 Å². The average molecular weight is 420 g/mol. The quantitative estimate of drug-likeness (QED) is 0.532. The smallest absolute Gasteiger partial charge is 0.259 e. The SMILES string of the molecule is COc1cc(C=NNC(=O)CNC(=O)c2ccccc2)cc(Br)c1OC. The number of nitrogens with one attached hydrogen (secondary N) is 2. The Bertz CT molecular complexity index is 810. The molecule has 26 heavy (non-hydrogen) atoms. The van der Waals surface area contributed by atoms with Crippen LogP contribution in [0.25, 0.3) is 0 Å². The maximum absolute atomic E-state index is 11.9. The molecule has 0 spiro atoms. The molecule has 0 heterocycles. The predicted molar refractivity (Wildman–Crippen MR) is 102 cm³/mol. The van der Waals surface area contributed by atoms with Crippen molar-refractivity contribution < 1.29 is 19.1 Å². The Kier molecular flexibility index (Phi) is 7.16. The van der Waals surface area contributed by atoms with E-state index >= 15 is 0 Å².